The molecule has 0 bridgehead atoms. The Kier molecular flexibility index (Phi) is 9.32. The van der Waals surface area contributed by atoms with E-state index in [-0.39, 0.29) is 34.6 Å². The van der Waals surface area contributed by atoms with E-state index in [1.54, 1.807) is 11.4 Å². The third-order valence-corrected chi connectivity index (χ3v) is 7.66. The van der Waals surface area contributed by atoms with Gasteiger partial charge >= 0.3 is 20.2 Å². The van der Waals surface area contributed by atoms with Crippen molar-refractivity contribution in [3.05, 3.63) is 108 Å². The first-order valence-corrected chi connectivity index (χ1v) is 14.8. The number of halogens is 8. The summed E-state index contributed by atoms with van der Waals surface area (Å²) in [6.07, 6.45) is -8.22. The molecule has 0 spiro atoms. The van der Waals surface area contributed by atoms with Crippen LogP contribution in [0.5, 0.6) is 0 Å². The molecule has 5 aromatic rings. The second kappa shape index (κ2) is 12.9. The SMILES string of the molecule is O=P(O)(OCc1ccccc1)OC(CNc1nc(-c2cn3ccnc3c(Cc3ccccc3F)n2)ncc1F)(C(F)(F)F)C(F)(F)F. The van der Waals surface area contributed by atoms with Crippen molar-refractivity contribution in [2.24, 2.45) is 0 Å². The zero-order valence-electron chi connectivity index (χ0n) is 23.5. The summed E-state index contributed by atoms with van der Waals surface area (Å²) in [6, 6.07) is 12.9. The Bertz CT molecular complexity index is 1910. The molecule has 47 heavy (non-hydrogen) atoms. The van der Waals surface area contributed by atoms with Gasteiger partial charge in [0.1, 0.15) is 11.5 Å². The molecule has 0 saturated carbocycles. The van der Waals surface area contributed by atoms with Gasteiger partial charge in [-0.25, -0.2) is 33.3 Å². The molecule has 0 aliphatic rings. The van der Waals surface area contributed by atoms with Crippen LogP contribution in [-0.4, -0.2) is 53.7 Å². The monoisotopic (exact) mass is 688 g/mol. The van der Waals surface area contributed by atoms with Gasteiger partial charge in [-0.1, -0.05) is 48.5 Å². The first kappa shape index (κ1) is 33.8. The van der Waals surface area contributed by atoms with Crippen molar-refractivity contribution in [1.29, 1.82) is 0 Å². The molecule has 0 aliphatic heterocycles. The van der Waals surface area contributed by atoms with Gasteiger partial charge in [0.2, 0.25) is 0 Å². The van der Waals surface area contributed by atoms with Gasteiger partial charge in [0.15, 0.2) is 23.1 Å². The smallest absolute Gasteiger partial charge is 0.364 e. The molecule has 3 heterocycles. The number of nitrogens with zero attached hydrogens (tertiary/aromatic N) is 5. The molecule has 0 radical (unpaired) electrons. The minimum absolute atomic E-state index is 0.0854. The van der Waals surface area contributed by atoms with Crippen LogP contribution in [0.25, 0.3) is 17.2 Å². The lowest BCUT2D eigenvalue weighted by atomic mass is 10.0. The third kappa shape index (κ3) is 7.40. The van der Waals surface area contributed by atoms with Crippen LogP contribution in [0.4, 0.5) is 40.9 Å². The number of benzene rings is 2. The van der Waals surface area contributed by atoms with Crippen molar-refractivity contribution >= 4 is 19.3 Å². The Hall–Kier alpha value is -4.51. The summed E-state index contributed by atoms with van der Waals surface area (Å²) in [5.74, 6) is -3.64. The van der Waals surface area contributed by atoms with E-state index in [0.29, 0.717) is 6.20 Å². The van der Waals surface area contributed by atoms with Crippen molar-refractivity contribution in [1.82, 2.24) is 24.3 Å². The lowest BCUT2D eigenvalue weighted by Crippen LogP contribution is -2.62. The lowest BCUT2D eigenvalue weighted by molar-refractivity contribution is -0.355. The zero-order valence-corrected chi connectivity index (χ0v) is 24.4. The summed E-state index contributed by atoms with van der Waals surface area (Å²) in [4.78, 5) is 25.9. The van der Waals surface area contributed by atoms with Crippen LogP contribution in [0, 0.1) is 11.6 Å². The predicted molar refractivity (Wildman–Crippen MR) is 149 cm³/mol. The number of aromatic nitrogens is 5. The third-order valence-electron chi connectivity index (χ3n) is 6.66. The van der Waals surface area contributed by atoms with Crippen LogP contribution < -0.4 is 5.32 Å². The van der Waals surface area contributed by atoms with Gasteiger partial charge in [-0.15, -0.1) is 0 Å². The fourth-order valence-electron chi connectivity index (χ4n) is 4.32. The molecule has 19 heteroatoms. The molecule has 10 nitrogen and oxygen atoms in total. The van der Waals surface area contributed by atoms with Gasteiger partial charge in [0, 0.05) is 25.0 Å². The second-order valence-corrected chi connectivity index (χ2v) is 11.3. The van der Waals surface area contributed by atoms with Crippen molar-refractivity contribution in [3.63, 3.8) is 0 Å². The molecule has 248 valence electrons. The number of hydrogen-bond acceptors (Lipinski definition) is 8. The van der Waals surface area contributed by atoms with Gasteiger partial charge in [-0.2, -0.15) is 26.3 Å². The number of fused-ring (bicyclic) bond motifs is 1. The van der Waals surface area contributed by atoms with Gasteiger partial charge in [0.05, 0.1) is 25.0 Å². The fraction of sp³-hybridized carbons (Fsp3) is 0.214. The maximum Gasteiger partial charge on any atom is 0.473 e. The highest BCUT2D eigenvalue weighted by atomic mass is 31.2. The Morgan fingerprint density at radius 1 is 0.894 bits per heavy atom. The van der Waals surface area contributed by atoms with Crippen molar-refractivity contribution in [3.8, 4) is 11.5 Å². The maximum absolute atomic E-state index is 14.7. The minimum Gasteiger partial charge on any atom is -0.364 e. The zero-order chi connectivity index (χ0) is 34.0. The Balaban J connectivity index is 1.46. The Morgan fingerprint density at radius 3 is 2.26 bits per heavy atom. The average Bonchev–Trinajstić information content (AvgIpc) is 3.49. The molecule has 0 saturated heterocycles. The molecule has 1 unspecified atom stereocenters. The second-order valence-electron chi connectivity index (χ2n) is 9.88. The van der Waals surface area contributed by atoms with Crippen molar-refractivity contribution in [2.45, 2.75) is 31.0 Å². The first-order valence-electron chi connectivity index (χ1n) is 13.3. The Morgan fingerprint density at radius 2 is 1.57 bits per heavy atom. The largest absolute Gasteiger partial charge is 0.473 e. The number of anilines is 1. The molecule has 2 aromatic carbocycles. The molecule has 0 aliphatic carbocycles. The minimum atomic E-state index is -6.38. The predicted octanol–water partition coefficient (Wildman–Crippen LogP) is 6.66. The van der Waals surface area contributed by atoms with E-state index in [0.717, 1.165) is 0 Å². The van der Waals surface area contributed by atoms with Crippen LogP contribution in [0.15, 0.2) is 79.4 Å². The molecular weight excluding hydrogens is 667 g/mol. The number of nitrogens with one attached hydrogen (secondary N) is 1. The highest BCUT2D eigenvalue weighted by Gasteiger charge is 2.74. The molecule has 5 rings (SSSR count). The molecule has 2 N–H and O–H groups in total. The number of phosphoric acid groups is 1. The van der Waals surface area contributed by atoms with Crippen LogP contribution in [0.1, 0.15) is 16.8 Å². The molecule has 0 fully saturated rings. The van der Waals surface area contributed by atoms with Crippen LogP contribution in [-0.2, 0) is 26.6 Å². The van der Waals surface area contributed by atoms with E-state index < -0.39 is 62.2 Å². The van der Waals surface area contributed by atoms with E-state index >= 15 is 0 Å². The highest BCUT2D eigenvalue weighted by Crippen LogP contribution is 2.57. The Labute approximate surface area is 259 Å². The van der Waals surface area contributed by atoms with E-state index in [1.165, 1.54) is 71.5 Å². The molecular formula is C28H21F8N6O4P. The molecule has 1 atom stereocenters. The topological polar surface area (TPSA) is 124 Å². The van der Waals surface area contributed by atoms with Crippen molar-refractivity contribution < 1.29 is 53.6 Å². The standard InChI is InChI=1S/C28H21F8N6O4P/c29-19-9-5-4-8-18(19)12-21-25-37-10-11-42(25)14-22(40-21)24-38-13-20(30)23(41-24)39-16-26(27(31,32)33,28(34,35)36)46-47(43,44)45-15-17-6-2-1-3-7-17/h1-11,13-14H,12,15-16H2,(H,43,44)(H,38,39,41). The van der Waals surface area contributed by atoms with E-state index in [2.05, 4.69) is 29.0 Å². The first-order chi connectivity index (χ1) is 22.1. The highest BCUT2D eigenvalue weighted by molar-refractivity contribution is 7.47. The number of phosphoric ester groups is 1. The molecule has 3 aromatic heterocycles. The summed E-state index contributed by atoms with van der Waals surface area (Å²) in [6.45, 7) is -3.23. The average molecular weight is 688 g/mol. The number of rotatable bonds is 11. The van der Waals surface area contributed by atoms with Gasteiger partial charge in [-0.3, -0.25) is 9.05 Å². The van der Waals surface area contributed by atoms with Gasteiger partial charge in [0.25, 0.3) is 5.60 Å². The summed E-state index contributed by atoms with van der Waals surface area (Å²) >= 11 is 0. The van der Waals surface area contributed by atoms with E-state index in [4.69, 9.17) is 0 Å². The van der Waals surface area contributed by atoms with E-state index in [9.17, 15) is 44.6 Å². The fourth-order valence-corrected chi connectivity index (χ4v) is 5.35. The van der Waals surface area contributed by atoms with Gasteiger partial charge < -0.3 is 14.6 Å². The van der Waals surface area contributed by atoms with Crippen LogP contribution >= 0.6 is 7.82 Å². The number of alkyl halides is 6. The summed E-state index contributed by atoms with van der Waals surface area (Å²) in [5, 5.41) is 1.59. The normalized spacial score (nSPS) is 13.9. The summed E-state index contributed by atoms with van der Waals surface area (Å²) in [5.41, 5.74) is -4.65. The van der Waals surface area contributed by atoms with Crippen molar-refractivity contribution in [2.75, 3.05) is 11.9 Å². The number of hydrogen-bond donors (Lipinski definition) is 2. The summed E-state index contributed by atoms with van der Waals surface area (Å²) in [7, 11) is -6.07. The number of imidazole rings is 1. The van der Waals surface area contributed by atoms with Crippen LogP contribution in [0.3, 0.4) is 0 Å². The quantitative estimate of drug-likeness (QED) is 0.116. The lowest BCUT2D eigenvalue weighted by Gasteiger charge is -2.37. The molecule has 0 amide bonds. The van der Waals surface area contributed by atoms with Gasteiger partial charge in [-0.05, 0) is 17.2 Å². The van der Waals surface area contributed by atoms with Crippen LogP contribution in [0.2, 0.25) is 0 Å². The van der Waals surface area contributed by atoms with E-state index in [1.807, 2.05) is 0 Å². The summed E-state index contributed by atoms with van der Waals surface area (Å²) < 4.78 is 136. The maximum atomic E-state index is 14.7.